The molecule has 170 valence electrons. The van der Waals surface area contributed by atoms with Crippen LogP contribution < -0.4 is 4.74 Å². The molecule has 0 radical (unpaired) electrons. The number of benzene rings is 2. The maximum absolute atomic E-state index is 12.7. The van der Waals surface area contributed by atoms with E-state index in [0.29, 0.717) is 36.7 Å². The average molecular weight is 458 g/mol. The predicted octanol–water partition coefficient (Wildman–Crippen LogP) is 4.94. The van der Waals surface area contributed by atoms with Crippen LogP contribution in [-0.2, 0) is 19.5 Å². The summed E-state index contributed by atoms with van der Waals surface area (Å²) in [6, 6.07) is 13.5. The normalized spacial score (nSPS) is 17.4. The monoisotopic (exact) mass is 457 g/mol. The molecule has 7 nitrogen and oxygen atoms in total. The standard InChI is InChI=1S/C24H27NO6S/c1-4-21(25-30-5-2)24-22(26)14-17(15-23(24)27)16-6-8-18(9-7-16)31-19-10-12-20(13-11-19)32(3,28)29/h6-13,17,26H,4-5,14-15H2,1-3H3. The highest BCUT2D eigenvalue weighted by Crippen LogP contribution is 2.35. The van der Waals surface area contributed by atoms with Crippen molar-refractivity contribution < 1.29 is 27.9 Å². The van der Waals surface area contributed by atoms with Gasteiger partial charge in [-0.1, -0.05) is 24.2 Å². The van der Waals surface area contributed by atoms with Gasteiger partial charge in [-0.2, -0.15) is 0 Å². The molecule has 32 heavy (non-hydrogen) atoms. The molecule has 1 unspecified atom stereocenters. The van der Waals surface area contributed by atoms with Crippen molar-refractivity contribution in [2.24, 2.45) is 5.16 Å². The van der Waals surface area contributed by atoms with Crippen LogP contribution in [0.15, 0.2) is 69.9 Å². The van der Waals surface area contributed by atoms with Gasteiger partial charge in [0.1, 0.15) is 23.9 Å². The van der Waals surface area contributed by atoms with E-state index in [2.05, 4.69) is 5.16 Å². The van der Waals surface area contributed by atoms with Crippen molar-refractivity contribution in [3.63, 3.8) is 0 Å². The molecule has 0 fully saturated rings. The molecule has 2 aromatic rings. The van der Waals surface area contributed by atoms with E-state index in [-0.39, 0.29) is 34.3 Å². The van der Waals surface area contributed by atoms with Gasteiger partial charge >= 0.3 is 0 Å². The Morgan fingerprint density at radius 3 is 2.12 bits per heavy atom. The van der Waals surface area contributed by atoms with Crippen LogP contribution in [0.5, 0.6) is 11.5 Å². The number of sulfone groups is 1. The van der Waals surface area contributed by atoms with Crippen LogP contribution in [0.25, 0.3) is 0 Å². The number of aliphatic hydroxyl groups excluding tert-OH is 1. The zero-order chi connectivity index (χ0) is 23.3. The SMILES string of the molecule is CCON=C(CC)C1=C(O)CC(c2ccc(Oc3ccc(S(C)(=O)=O)cc3)cc2)CC1=O. The molecule has 1 aliphatic rings. The highest BCUT2D eigenvalue weighted by atomic mass is 32.2. The lowest BCUT2D eigenvalue weighted by Gasteiger charge is -2.24. The lowest BCUT2D eigenvalue weighted by atomic mass is 9.81. The first-order valence-electron chi connectivity index (χ1n) is 10.4. The Labute approximate surface area is 188 Å². The van der Waals surface area contributed by atoms with E-state index in [1.807, 2.05) is 26.0 Å². The number of hydrogen-bond donors (Lipinski definition) is 1. The van der Waals surface area contributed by atoms with E-state index in [4.69, 9.17) is 9.57 Å². The molecule has 1 aliphatic carbocycles. The third-order valence-electron chi connectivity index (χ3n) is 5.21. The van der Waals surface area contributed by atoms with Gasteiger partial charge in [-0.3, -0.25) is 4.79 Å². The first-order chi connectivity index (χ1) is 15.2. The summed E-state index contributed by atoms with van der Waals surface area (Å²) in [5, 5.41) is 14.5. The summed E-state index contributed by atoms with van der Waals surface area (Å²) in [6.07, 6.45) is 2.27. The Balaban J connectivity index is 1.72. The summed E-state index contributed by atoms with van der Waals surface area (Å²) in [6.45, 7) is 4.07. The summed E-state index contributed by atoms with van der Waals surface area (Å²) < 4.78 is 28.9. The molecule has 8 heteroatoms. The Morgan fingerprint density at radius 1 is 1.03 bits per heavy atom. The van der Waals surface area contributed by atoms with E-state index in [9.17, 15) is 18.3 Å². The van der Waals surface area contributed by atoms with Crippen LogP contribution >= 0.6 is 0 Å². The zero-order valence-electron chi connectivity index (χ0n) is 18.4. The predicted molar refractivity (Wildman–Crippen MR) is 122 cm³/mol. The number of ether oxygens (including phenoxy) is 1. The molecule has 0 saturated heterocycles. The minimum Gasteiger partial charge on any atom is -0.511 e. The summed E-state index contributed by atoms with van der Waals surface area (Å²) >= 11 is 0. The van der Waals surface area contributed by atoms with Crippen molar-refractivity contribution in [2.75, 3.05) is 12.9 Å². The molecule has 0 heterocycles. The van der Waals surface area contributed by atoms with Crippen molar-refractivity contribution in [3.05, 3.63) is 65.4 Å². The average Bonchev–Trinajstić information content (AvgIpc) is 2.75. The molecule has 0 spiro atoms. The second kappa shape index (κ2) is 9.99. The number of hydrogen-bond acceptors (Lipinski definition) is 7. The molecule has 1 atom stereocenters. The van der Waals surface area contributed by atoms with Gasteiger partial charge in [-0.25, -0.2) is 8.42 Å². The molecule has 0 aliphatic heterocycles. The Bertz CT molecular complexity index is 1130. The fourth-order valence-corrected chi connectivity index (χ4v) is 4.22. The molecule has 0 aromatic heterocycles. The first kappa shape index (κ1) is 23.5. The zero-order valence-corrected chi connectivity index (χ0v) is 19.2. The smallest absolute Gasteiger partial charge is 0.175 e. The number of carbonyl (C=O) groups is 1. The lowest BCUT2D eigenvalue weighted by molar-refractivity contribution is -0.116. The molecular formula is C24H27NO6S. The minimum absolute atomic E-state index is 0.0397. The van der Waals surface area contributed by atoms with Gasteiger partial charge in [0.15, 0.2) is 15.6 Å². The van der Waals surface area contributed by atoms with E-state index in [1.165, 1.54) is 12.1 Å². The van der Waals surface area contributed by atoms with Crippen molar-refractivity contribution in [3.8, 4) is 11.5 Å². The molecule has 1 N–H and O–H groups in total. The maximum Gasteiger partial charge on any atom is 0.175 e. The van der Waals surface area contributed by atoms with Gasteiger partial charge in [0.25, 0.3) is 0 Å². The molecule has 2 aromatic carbocycles. The fourth-order valence-electron chi connectivity index (χ4n) is 3.59. The van der Waals surface area contributed by atoms with Crippen LogP contribution in [-0.4, -0.2) is 37.9 Å². The third-order valence-corrected chi connectivity index (χ3v) is 6.33. The van der Waals surface area contributed by atoms with E-state index in [0.717, 1.165) is 11.8 Å². The van der Waals surface area contributed by atoms with E-state index < -0.39 is 9.84 Å². The van der Waals surface area contributed by atoms with E-state index >= 15 is 0 Å². The lowest BCUT2D eigenvalue weighted by Crippen LogP contribution is -2.23. The van der Waals surface area contributed by atoms with E-state index in [1.54, 1.807) is 24.3 Å². The Morgan fingerprint density at radius 2 is 1.62 bits per heavy atom. The number of carbonyl (C=O) groups excluding carboxylic acids is 1. The van der Waals surface area contributed by atoms with Crippen LogP contribution in [0.2, 0.25) is 0 Å². The Hall–Kier alpha value is -3.13. The maximum atomic E-state index is 12.7. The summed E-state index contributed by atoms with van der Waals surface area (Å²) in [5.41, 5.74) is 1.66. The fraction of sp³-hybridized carbons (Fsp3) is 0.333. The van der Waals surface area contributed by atoms with Crippen molar-refractivity contribution in [1.29, 1.82) is 0 Å². The van der Waals surface area contributed by atoms with Crippen molar-refractivity contribution >= 4 is 21.3 Å². The van der Waals surface area contributed by atoms with Gasteiger partial charge in [0, 0.05) is 19.1 Å². The number of ketones is 1. The van der Waals surface area contributed by atoms with Crippen LogP contribution in [0.3, 0.4) is 0 Å². The second-order valence-electron chi connectivity index (χ2n) is 7.57. The minimum atomic E-state index is -3.26. The molecule has 0 bridgehead atoms. The number of oxime groups is 1. The van der Waals surface area contributed by atoms with Crippen LogP contribution in [0.4, 0.5) is 0 Å². The van der Waals surface area contributed by atoms with Gasteiger partial charge < -0.3 is 14.7 Å². The molecular weight excluding hydrogens is 430 g/mol. The molecule has 3 rings (SSSR count). The number of aliphatic hydroxyl groups is 1. The van der Waals surface area contributed by atoms with Crippen molar-refractivity contribution in [1.82, 2.24) is 0 Å². The highest BCUT2D eigenvalue weighted by Gasteiger charge is 2.31. The van der Waals surface area contributed by atoms with Crippen LogP contribution in [0.1, 0.15) is 44.6 Å². The number of nitrogens with zero attached hydrogens (tertiary/aromatic N) is 1. The van der Waals surface area contributed by atoms with Gasteiger partial charge in [0.05, 0.1) is 16.2 Å². The third kappa shape index (κ3) is 5.56. The quantitative estimate of drug-likeness (QED) is 0.445. The summed E-state index contributed by atoms with van der Waals surface area (Å²) in [7, 11) is -3.26. The number of Topliss-reactive ketones (excluding diaryl/α,β-unsaturated/α-hetero) is 1. The van der Waals surface area contributed by atoms with Gasteiger partial charge in [-0.15, -0.1) is 0 Å². The number of allylic oxidation sites excluding steroid dienone is 2. The topological polar surface area (TPSA) is 102 Å². The summed E-state index contributed by atoms with van der Waals surface area (Å²) in [5.74, 6) is 0.854. The first-order valence-corrected chi connectivity index (χ1v) is 12.3. The molecule has 0 amide bonds. The molecule has 0 saturated carbocycles. The van der Waals surface area contributed by atoms with Gasteiger partial charge in [0.2, 0.25) is 0 Å². The van der Waals surface area contributed by atoms with Crippen molar-refractivity contribution in [2.45, 2.75) is 43.9 Å². The second-order valence-corrected chi connectivity index (χ2v) is 9.59. The van der Waals surface area contributed by atoms with Crippen LogP contribution in [0, 0.1) is 0 Å². The Kier molecular flexibility index (Phi) is 7.35. The van der Waals surface area contributed by atoms with Gasteiger partial charge in [-0.05, 0) is 61.2 Å². The largest absolute Gasteiger partial charge is 0.511 e. The highest BCUT2D eigenvalue weighted by molar-refractivity contribution is 7.90. The number of rotatable bonds is 8. The summed E-state index contributed by atoms with van der Waals surface area (Å²) in [4.78, 5) is 18.0.